The van der Waals surface area contributed by atoms with E-state index in [0.29, 0.717) is 0 Å². The van der Waals surface area contributed by atoms with Crippen molar-refractivity contribution in [1.29, 1.82) is 0 Å². The fraction of sp³-hybridized carbons (Fsp3) is 0.444. The van der Waals surface area contributed by atoms with Gasteiger partial charge in [0, 0.05) is 25.1 Å². The van der Waals surface area contributed by atoms with Crippen molar-refractivity contribution < 1.29 is 0 Å². The summed E-state index contributed by atoms with van der Waals surface area (Å²) < 4.78 is 1.93. The Bertz CT molecular complexity index is 216. The first-order valence-corrected chi connectivity index (χ1v) is 4.26. The van der Waals surface area contributed by atoms with Crippen molar-refractivity contribution in [3.8, 4) is 0 Å². The molecule has 3 heteroatoms. The maximum atomic E-state index is 3.97. The van der Waals surface area contributed by atoms with E-state index in [0.717, 1.165) is 6.54 Å². The second kappa shape index (κ2) is 4.59. The molecular formula is C9H15N3. The lowest BCUT2D eigenvalue weighted by molar-refractivity contribution is 0.642. The van der Waals surface area contributed by atoms with Crippen LogP contribution in [0.2, 0.25) is 0 Å². The van der Waals surface area contributed by atoms with Gasteiger partial charge in [-0.3, -0.25) is 5.01 Å². The van der Waals surface area contributed by atoms with Gasteiger partial charge in [0.25, 0.3) is 0 Å². The zero-order valence-corrected chi connectivity index (χ0v) is 7.48. The van der Waals surface area contributed by atoms with Gasteiger partial charge in [0.2, 0.25) is 0 Å². The highest BCUT2D eigenvalue weighted by atomic mass is 15.5. The average Bonchev–Trinajstić information content (AvgIpc) is 2.59. The van der Waals surface area contributed by atoms with E-state index in [-0.39, 0.29) is 0 Å². The van der Waals surface area contributed by atoms with Crippen LogP contribution in [0.5, 0.6) is 0 Å². The Kier molecular flexibility index (Phi) is 3.38. The molecule has 12 heavy (non-hydrogen) atoms. The molecule has 0 amide bonds. The van der Waals surface area contributed by atoms with Gasteiger partial charge in [-0.15, -0.1) is 0 Å². The minimum atomic E-state index is 0.996. The molecule has 0 fully saturated rings. The van der Waals surface area contributed by atoms with E-state index >= 15 is 0 Å². The smallest absolute Gasteiger partial charge is 0.114 e. The van der Waals surface area contributed by atoms with Crippen molar-refractivity contribution in [3.63, 3.8) is 0 Å². The highest BCUT2D eigenvalue weighted by Gasteiger charge is 1.97. The molecule has 1 aromatic heterocycles. The number of nitrogens with zero attached hydrogens (tertiary/aromatic N) is 3. The Balaban J connectivity index is 2.51. The standard InChI is InChI=1S/C9H15N3/c1-3-5-7-11(4-2)12-8-6-10-9-12/h4,6,8-9H,2-3,5,7H2,1H3. The number of aromatic nitrogens is 2. The Labute approximate surface area is 73.3 Å². The normalized spacial score (nSPS) is 9.75. The molecule has 0 spiro atoms. The lowest BCUT2D eigenvalue weighted by Crippen LogP contribution is -2.28. The molecule has 0 aromatic carbocycles. The van der Waals surface area contributed by atoms with E-state index in [2.05, 4.69) is 18.5 Å². The molecule has 0 bridgehead atoms. The van der Waals surface area contributed by atoms with Crippen LogP contribution in [0.25, 0.3) is 0 Å². The quantitative estimate of drug-likeness (QED) is 0.663. The van der Waals surface area contributed by atoms with Crippen LogP contribution in [0.3, 0.4) is 0 Å². The SMILES string of the molecule is C=CN(CCCC)n1ccnc1. The van der Waals surface area contributed by atoms with E-state index in [1.54, 1.807) is 12.5 Å². The van der Waals surface area contributed by atoms with Gasteiger partial charge in [-0.05, 0) is 6.42 Å². The molecule has 1 heterocycles. The first-order chi connectivity index (χ1) is 5.88. The molecule has 0 unspecified atom stereocenters. The summed E-state index contributed by atoms with van der Waals surface area (Å²) in [6.45, 7) is 6.92. The van der Waals surface area contributed by atoms with Crippen LogP contribution in [0.4, 0.5) is 0 Å². The zero-order chi connectivity index (χ0) is 8.81. The largest absolute Gasteiger partial charge is 0.288 e. The van der Waals surface area contributed by atoms with Crippen LogP contribution in [-0.4, -0.2) is 16.2 Å². The fourth-order valence-electron chi connectivity index (χ4n) is 1.03. The van der Waals surface area contributed by atoms with Crippen molar-refractivity contribution in [2.45, 2.75) is 19.8 Å². The predicted octanol–water partition coefficient (Wildman–Crippen LogP) is 1.76. The Hall–Kier alpha value is -1.25. The number of rotatable bonds is 5. The van der Waals surface area contributed by atoms with Gasteiger partial charge in [0.1, 0.15) is 6.33 Å². The topological polar surface area (TPSA) is 21.1 Å². The third-order valence-corrected chi connectivity index (χ3v) is 1.74. The molecule has 1 rings (SSSR count). The highest BCUT2D eigenvalue weighted by molar-refractivity contribution is 4.97. The number of imidazole rings is 1. The molecule has 0 saturated heterocycles. The van der Waals surface area contributed by atoms with Crippen molar-refractivity contribution in [2.75, 3.05) is 11.6 Å². The van der Waals surface area contributed by atoms with Crippen LogP contribution in [0.1, 0.15) is 19.8 Å². The first kappa shape index (κ1) is 8.84. The molecule has 3 nitrogen and oxygen atoms in total. The summed E-state index contributed by atoms with van der Waals surface area (Å²) in [4.78, 5) is 3.97. The Morgan fingerprint density at radius 1 is 1.67 bits per heavy atom. The first-order valence-electron chi connectivity index (χ1n) is 4.26. The predicted molar refractivity (Wildman–Crippen MR) is 50.4 cm³/mol. The van der Waals surface area contributed by atoms with Gasteiger partial charge in [-0.1, -0.05) is 19.9 Å². The van der Waals surface area contributed by atoms with Crippen LogP contribution in [0.15, 0.2) is 31.5 Å². The Morgan fingerprint density at radius 2 is 2.50 bits per heavy atom. The monoisotopic (exact) mass is 165 g/mol. The fourth-order valence-corrected chi connectivity index (χ4v) is 1.03. The van der Waals surface area contributed by atoms with Crippen molar-refractivity contribution >= 4 is 0 Å². The Morgan fingerprint density at radius 3 is 3.00 bits per heavy atom. The van der Waals surface area contributed by atoms with Crippen LogP contribution in [0, 0.1) is 0 Å². The van der Waals surface area contributed by atoms with Crippen LogP contribution < -0.4 is 5.01 Å². The lowest BCUT2D eigenvalue weighted by atomic mass is 10.3. The number of hydrogen-bond acceptors (Lipinski definition) is 2. The molecule has 0 aliphatic heterocycles. The summed E-state index contributed by atoms with van der Waals surface area (Å²) in [7, 11) is 0. The molecule has 0 aliphatic carbocycles. The van der Waals surface area contributed by atoms with Crippen molar-refractivity contribution in [2.24, 2.45) is 0 Å². The maximum absolute atomic E-state index is 3.97. The molecule has 1 aromatic rings. The molecular weight excluding hydrogens is 150 g/mol. The molecule has 0 aliphatic rings. The molecule has 0 atom stereocenters. The van der Waals surface area contributed by atoms with Gasteiger partial charge in [-0.25, -0.2) is 9.66 Å². The van der Waals surface area contributed by atoms with Gasteiger partial charge >= 0.3 is 0 Å². The van der Waals surface area contributed by atoms with Crippen molar-refractivity contribution in [1.82, 2.24) is 9.66 Å². The van der Waals surface area contributed by atoms with Gasteiger partial charge in [0.15, 0.2) is 0 Å². The van der Waals surface area contributed by atoms with E-state index in [1.165, 1.54) is 12.8 Å². The summed E-state index contributed by atoms with van der Waals surface area (Å²) >= 11 is 0. The number of hydrogen-bond donors (Lipinski definition) is 0. The average molecular weight is 165 g/mol. The molecule has 0 radical (unpaired) electrons. The van der Waals surface area contributed by atoms with Gasteiger partial charge in [0.05, 0.1) is 0 Å². The van der Waals surface area contributed by atoms with E-state index in [1.807, 2.05) is 22.1 Å². The lowest BCUT2D eigenvalue weighted by Gasteiger charge is -2.19. The van der Waals surface area contributed by atoms with Crippen LogP contribution >= 0.6 is 0 Å². The highest BCUT2D eigenvalue weighted by Crippen LogP contribution is 1.95. The molecule has 66 valence electrons. The number of unbranched alkanes of at least 4 members (excludes halogenated alkanes) is 1. The third-order valence-electron chi connectivity index (χ3n) is 1.74. The third kappa shape index (κ3) is 2.12. The summed E-state index contributed by atoms with van der Waals surface area (Å²) in [5.41, 5.74) is 0. The van der Waals surface area contributed by atoms with Crippen molar-refractivity contribution in [3.05, 3.63) is 31.5 Å². The van der Waals surface area contributed by atoms with E-state index < -0.39 is 0 Å². The van der Waals surface area contributed by atoms with E-state index in [9.17, 15) is 0 Å². The van der Waals surface area contributed by atoms with Gasteiger partial charge < -0.3 is 0 Å². The summed E-state index contributed by atoms with van der Waals surface area (Å²) in [5.74, 6) is 0. The maximum Gasteiger partial charge on any atom is 0.114 e. The summed E-state index contributed by atoms with van der Waals surface area (Å²) in [5, 5.41) is 2.04. The summed E-state index contributed by atoms with van der Waals surface area (Å²) in [6.07, 6.45) is 9.64. The second-order valence-electron chi connectivity index (χ2n) is 2.64. The minimum absolute atomic E-state index is 0.996. The summed E-state index contributed by atoms with van der Waals surface area (Å²) in [6, 6.07) is 0. The van der Waals surface area contributed by atoms with E-state index in [4.69, 9.17) is 0 Å². The minimum Gasteiger partial charge on any atom is -0.288 e. The molecule has 0 saturated carbocycles. The zero-order valence-electron chi connectivity index (χ0n) is 7.48. The molecule has 0 N–H and O–H groups in total. The van der Waals surface area contributed by atoms with Crippen LogP contribution in [-0.2, 0) is 0 Å². The van der Waals surface area contributed by atoms with Gasteiger partial charge in [-0.2, -0.15) is 0 Å². The second-order valence-corrected chi connectivity index (χ2v) is 2.64.